The van der Waals surface area contributed by atoms with Gasteiger partial charge in [-0.2, -0.15) is 0 Å². The molecule has 18 heavy (non-hydrogen) atoms. The molecule has 0 atom stereocenters. The molecule has 94 valence electrons. The molecule has 2 amide bonds. The van der Waals surface area contributed by atoms with Gasteiger partial charge in [-0.15, -0.1) is 21.5 Å². The molecule has 0 unspecified atom stereocenters. The maximum Gasteiger partial charge on any atom is 0.251 e. The predicted octanol–water partition coefficient (Wildman–Crippen LogP) is 1.43. The molecular weight excluding hydrogens is 292 g/mol. The Labute approximate surface area is 115 Å². The van der Waals surface area contributed by atoms with Crippen molar-refractivity contribution in [2.45, 2.75) is 4.34 Å². The van der Waals surface area contributed by atoms with E-state index >= 15 is 0 Å². The Balaban J connectivity index is 1.91. The zero-order valence-electron chi connectivity index (χ0n) is 8.95. The Hall–Kier alpha value is -1.45. The minimum atomic E-state index is -0.552. The first kappa shape index (κ1) is 13.0. The van der Waals surface area contributed by atoms with Crippen LogP contribution in [0.5, 0.6) is 0 Å². The van der Waals surface area contributed by atoms with Crippen LogP contribution in [0.2, 0.25) is 0 Å². The first-order valence-corrected chi connectivity index (χ1v) is 7.47. The van der Waals surface area contributed by atoms with Gasteiger partial charge in [0, 0.05) is 0 Å². The summed E-state index contributed by atoms with van der Waals surface area (Å²) < 4.78 is 0.728. The minimum Gasteiger partial charge on any atom is -0.366 e. The largest absolute Gasteiger partial charge is 0.366 e. The molecule has 0 aliphatic rings. The van der Waals surface area contributed by atoms with Crippen molar-refractivity contribution in [3.63, 3.8) is 0 Å². The van der Waals surface area contributed by atoms with Crippen molar-refractivity contribution in [1.29, 1.82) is 0 Å². The number of nitrogens with two attached hydrogens (primary N) is 1. The Morgan fingerprint density at radius 2 is 2.28 bits per heavy atom. The summed E-state index contributed by atoms with van der Waals surface area (Å²) in [6.07, 6.45) is 0. The summed E-state index contributed by atoms with van der Waals surface area (Å²) in [5.74, 6) is -0.547. The van der Waals surface area contributed by atoms with Crippen LogP contribution in [-0.4, -0.2) is 27.8 Å². The molecule has 2 rings (SSSR count). The Bertz CT molecular complexity index is 552. The summed E-state index contributed by atoms with van der Waals surface area (Å²) in [5, 5.41) is 12.3. The molecule has 0 radical (unpaired) electrons. The Morgan fingerprint density at radius 1 is 1.44 bits per heavy atom. The van der Waals surface area contributed by atoms with Crippen molar-refractivity contribution in [2.24, 2.45) is 5.73 Å². The molecule has 9 heteroatoms. The predicted molar refractivity (Wildman–Crippen MR) is 72.1 cm³/mol. The summed E-state index contributed by atoms with van der Waals surface area (Å²) in [5.41, 5.74) is 7.11. The van der Waals surface area contributed by atoms with Gasteiger partial charge in [0.1, 0.15) is 10.5 Å². The highest BCUT2D eigenvalue weighted by molar-refractivity contribution is 8.01. The van der Waals surface area contributed by atoms with E-state index < -0.39 is 5.91 Å². The van der Waals surface area contributed by atoms with Crippen LogP contribution in [0.3, 0.4) is 0 Å². The number of nitrogens with one attached hydrogen (secondary N) is 1. The Kier molecular flexibility index (Phi) is 4.28. The average Bonchev–Trinajstić information content (AvgIpc) is 2.96. The molecule has 0 bridgehead atoms. The van der Waals surface area contributed by atoms with Crippen molar-refractivity contribution in [2.75, 3.05) is 11.1 Å². The average molecular weight is 300 g/mol. The fourth-order valence-corrected chi connectivity index (χ4v) is 3.21. The smallest absolute Gasteiger partial charge is 0.251 e. The highest BCUT2D eigenvalue weighted by Crippen LogP contribution is 2.24. The minimum absolute atomic E-state index is 0.208. The third kappa shape index (κ3) is 3.28. The highest BCUT2D eigenvalue weighted by Gasteiger charge is 2.12. The lowest BCUT2D eigenvalue weighted by molar-refractivity contribution is -0.113. The van der Waals surface area contributed by atoms with E-state index in [-0.39, 0.29) is 11.7 Å². The number of aromatic nitrogens is 2. The standard InChI is InChI=1S/C9H8N4O2S3/c10-7(15)5-1-2-16-8(5)12-6(14)3-17-9-13-11-4-18-9/h1-2,4H,3H2,(H2,10,15)(H,12,14). The van der Waals surface area contributed by atoms with E-state index in [9.17, 15) is 9.59 Å². The summed E-state index contributed by atoms with van der Waals surface area (Å²) >= 11 is 3.92. The summed E-state index contributed by atoms with van der Waals surface area (Å²) in [4.78, 5) is 22.7. The van der Waals surface area contributed by atoms with Crippen molar-refractivity contribution in [1.82, 2.24) is 10.2 Å². The number of rotatable bonds is 5. The lowest BCUT2D eigenvalue weighted by Gasteiger charge is -2.02. The summed E-state index contributed by atoms with van der Waals surface area (Å²) in [6.45, 7) is 0. The summed E-state index contributed by atoms with van der Waals surface area (Å²) in [7, 11) is 0. The number of nitrogens with zero attached hydrogens (tertiary/aromatic N) is 2. The number of thioether (sulfide) groups is 1. The monoisotopic (exact) mass is 300 g/mol. The van der Waals surface area contributed by atoms with Gasteiger partial charge in [0.25, 0.3) is 5.91 Å². The Morgan fingerprint density at radius 3 is 2.94 bits per heavy atom. The number of hydrogen-bond donors (Lipinski definition) is 2. The quantitative estimate of drug-likeness (QED) is 0.814. The van der Waals surface area contributed by atoms with Crippen LogP contribution in [0.4, 0.5) is 5.00 Å². The maximum absolute atomic E-state index is 11.7. The molecule has 0 fully saturated rings. The molecule has 0 spiro atoms. The van der Waals surface area contributed by atoms with E-state index in [1.54, 1.807) is 17.0 Å². The van der Waals surface area contributed by atoms with E-state index in [1.165, 1.54) is 34.4 Å². The first-order valence-electron chi connectivity index (χ1n) is 4.73. The molecule has 0 aliphatic heterocycles. The first-order chi connectivity index (χ1) is 8.66. The number of anilines is 1. The third-order valence-electron chi connectivity index (χ3n) is 1.85. The molecule has 2 aromatic rings. The number of primary amides is 1. The molecule has 0 aliphatic carbocycles. The van der Waals surface area contributed by atoms with E-state index in [1.807, 2.05) is 0 Å². The summed E-state index contributed by atoms with van der Waals surface area (Å²) in [6, 6.07) is 1.58. The van der Waals surface area contributed by atoms with Gasteiger partial charge < -0.3 is 11.1 Å². The molecule has 0 saturated carbocycles. The molecule has 0 saturated heterocycles. The number of carbonyl (C=O) groups excluding carboxylic acids is 2. The van der Waals surface area contributed by atoms with Crippen LogP contribution < -0.4 is 11.1 Å². The van der Waals surface area contributed by atoms with Gasteiger partial charge in [0.2, 0.25) is 5.91 Å². The zero-order valence-corrected chi connectivity index (χ0v) is 11.4. The second-order valence-corrected chi connectivity index (χ2v) is 6.04. The van der Waals surface area contributed by atoms with Crippen molar-refractivity contribution < 1.29 is 9.59 Å². The van der Waals surface area contributed by atoms with Crippen LogP contribution in [0.1, 0.15) is 10.4 Å². The number of amides is 2. The van der Waals surface area contributed by atoms with Gasteiger partial charge in [0.05, 0.1) is 11.3 Å². The molecule has 6 nitrogen and oxygen atoms in total. The zero-order chi connectivity index (χ0) is 13.0. The molecule has 3 N–H and O–H groups in total. The van der Waals surface area contributed by atoms with Gasteiger partial charge in [-0.1, -0.05) is 23.1 Å². The van der Waals surface area contributed by atoms with E-state index in [2.05, 4.69) is 15.5 Å². The second kappa shape index (κ2) is 5.94. The lowest BCUT2D eigenvalue weighted by Crippen LogP contribution is -2.17. The molecule has 2 aromatic heterocycles. The molecular formula is C9H8N4O2S3. The maximum atomic E-state index is 11.7. The van der Waals surface area contributed by atoms with Gasteiger partial charge >= 0.3 is 0 Å². The van der Waals surface area contributed by atoms with Crippen LogP contribution in [0.25, 0.3) is 0 Å². The number of carbonyl (C=O) groups is 2. The molecule has 2 heterocycles. The second-order valence-electron chi connectivity index (χ2n) is 3.07. The van der Waals surface area contributed by atoms with Crippen LogP contribution in [0.15, 0.2) is 21.3 Å². The lowest BCUT2D eigenvalue weighted by atomic mass is 10.3. The van der Waals surface area contributed by atoms with Crippen molar-refractivity contribution >= 4 is 51.3 Å². The van der Waals surface area contributed by atoms with E-state index in [0.717, 1.165) is 4.34 Å². The topological polar surface area (TPSA) is 98.0 Å². The van der Waals surface area contributed by atoms with Crippen LogP contribution >= 0.6 is 34.4 Å². The van der Waals surface area contributed by atoms with Gasteiger partial charge in [-0.25, -0.2) is 0 Å². The fourth-order valence-electron chi connectivity index (χ4n) is 1.12. The fraction of sp³-hybridized carbons (Fsp3) is 0.111. The number of thiophene rings is 1. The van der Waals surface area contributed by atoms with E-state index in [4.69, 9.17) is 5.73 Å². The van der Waals surface area contributed by atoms with E-state index in [0.29, 0.717) is 10.6 Å². The van der Waals surface area contributed by atoms with Gasteiger partial charge in [-0.05, 0) is 11.4 Å². The van der Waals surface area contributed by atoms with Gasteiger partial charge in [-0.3, -0.25) is 9.59 Å². The van der Waals surface area contributed by atoms with Crippen molar-refractivity contribution in [3.8, 4) is 0 Å². The van der Waals surface area contributed by atoms with Crippen LogP contribution in [-0.2, 0) is 4.79 Å². The molecule has 0 aromatic carbocycles. The van der Waals surface area contributed by atoms with Crippen molar-refractivity contribution in [3.05, 3.63) is 22.5 Å². The van der Waals surface area contributed by atoms with Gasteiger partial charge in [0.15, 0.2) is 4.34 Å². The normalized spacial score (nSPS) is 10.2. The van der Waals surface area contributed by atoms with Crippen LogP contribution in [0, 0.1) is 0 Å². The third-order valence-corrected chi connectivity index (χ3v) is 4.54. The number of hydrogen-bond acceptors (Lipinski definition) is 7. The SMILES string of the molecule is NC(=O)c1ccsc1NC(=O)CSc1nncs1. The highest BCUT2D eigenvalue weighted by atomic mass is 32.2.